The zero-order valence-corrected chi connectivity index (χ0v) is 15.5. The maximum atomic E-state index is 12.7. The van der Waals surface area contributed by atoms with Crippen molar-refractivity contribution in [2.24, 2.45) is 0 Å². The number of rotatable bonds is 7. The molecule has 0 unspecified atom stereocenters. The Balaban J connectivity index is 3.26. The van der Waals surface area contributed by atoms with Gasteiger partial charge in [0, 0.05) is 23.4 Å². The normalized spacial score (nSPS) is 12.1. The molecule has 0 bridgehead atoms. The summed E-state index contributed by atoms with van der Waals surface area (Å²) in [5.41, 5.74) is 0. The molecular formula is C12H15BrCl3NO2S. The number of hydrogen-bond acceptors (Lipinski definition) is 2. The average Bonchev–Trinajstić information content (AvgIpc) is 2.32. The van der Waals surface area contributed by atoms with Gasteiger partial charge in [0.15, 0.2) is 0 Å². The predicted octanol–water partition coefficient (Wildman–Crippen LogP) is 4.79. The highest BCUT2D eigenvalue weighted by Crippen LogP contribution is 2.34. The molecule has 0 radical (unpaired) electrons. The van der Waals surface area contributed by atoms with E-state index in [1.54, 1.807) is 0 Å². The van der Waals surface area contributed by atoms with Crippen LogP contribution >= 0.6 is 50.7 Å². The minimum absolute atomic E-state index is 0.0646. The van der Waals surface area contributed by atoms with Gasteiger partial charge in [-0.25, -0.2) is 8.42 Å². The first-order valence-corrected chi connectivity index (χ1v) is 9.57. The molecule has 0 aromatic heterocycles. The summed E-state index contributed by atoms with van der Waals surface area (Å²) in [5.74, 6) is 0.217. The van der Waals surface area contributed by atoms with E-state index >= 15 is 0 Å². The Labute approximate surface area is 143 Å². The molecule has 0 aliphatic rings. The Kier molecular flexibility index (Phi) is 7.60. The third-order valence-corrected chi connectivity index (χ3v) is 6.10. The third-order valence-electron chi connectivity index (χ3n) is 2.66. The highest BCUT2D eigenvalue weighted by atomic mass is 79.9. The van der Waals surface area contributed by atoms with Gasteiger partial charge < -0.3 is 0 Å². The summed E-state index contributed by atoms with van der Waals surface area (Å²) in [6.45, 7) is 2.62. The third kappa shape index (κ3) is 4.49. The van der Waals surface area contributed by atoms with Crippen LogP contribution in [0.4, 0.5) is 0 Å². The largest absolute Gasteiger partial charge is 0.246 e. The molecule has 0 saturated carbocycles. The smallest absolute Gasteiger partial charge is 0.207 e. The lowest BCUT2D eigenvalue weighted by Gasteiger charge is -2.22. The van der Waals surface area contributed by atoms with Gasteiger partial charge in [-0.1, -0.05) is 52.5 Å². The van der Waals surface area contributed by atoms with Crippen molar-refractivity contribution < 1.29 is 8.42 Å². The monoisotopic (exact) mass is 421 g/mol. The van der Waals surface area contributed by atoms with Crippen LogP contribution < -0.4 is 0 Å². The number of hydrogen-bond donors (Lipinski definition) is 0. The lowest BCUT2D eigenvalue weighted by Crippen LogP contribution is -2.34. The molecule has 1 aromatic rings. The van der Waals surface area contributed by atoms with E-state index in [0.29, 0.717) is 11.0 Å². The number of halogens is 4. The van der Waals surface area contributed by atoms with Crippen molar-refractivity contribution in [1.29, 1.82) is 0 Å². The van der Waals surface area contributed by atoms with Gasteiger partial charge in [-0.3, -0.25) is 0 Å². The molecule has 8 heteroatoms. The zero-order chi connectivity index (χ0) is 15.3. The minimum atomic E-state index is -3.75. The van der Waals surface area contributed by atoms with Crippen LogP contribution in [0.3, 0.4) is 0 Å². The average molecular weight is 424 g/mol. The predicted molar refractivity (Wildman–Crippen MR) is 88.5 cm³/mol. The second kappa shape index (κ2) is 8.20. The number of sulfonamides is 1. The molecule has 3 nitrogen and oxygen atoms in total. The molecular weight excluding hydrogens is 408 g/mol. The van der Waals surface area contributed by atoms with Crippen LogP contribution in [0.25, 0.3) is 0 Å². The van der Waals surface area contributed by atoms with Crippen molar-refractivity contribution in [2.75, 3.05) is 19.0 Å². The molecule has 0 spiro atoms. The summed E-state index contributed by atoms with van der Waals surface area (Å²) in [5, 5.41) is 0.195. The van der Waals surface area contributed by atoms with E-state index in [2.05, 4.69) is 15.9 Å². The molecule has 1 rings (SSSR count). The van der Waals surface area contributed by atoms with Crippen molar-refractivity contribution in [3.05, 3.63) is 26.7 Å². The number of unbranched alkanes of at least 4 members (excludes halogenated alkanes) is 1. The van der Waals surface area contributed by atoms with E-state index in [4.69, 9.17) is 34.8 Å². The minimum Gasteiger partial charge on any atom is -0.207 e. The highest BCUT2D eigenvalue weighted by molar-refractivity contribution is 9.10. The second-order valence-corrected chi connectivity index (χ2v) is 8.13. The number of alkyl halides is 1. The van der Waals surface area contributed by atoms with Crippen LogP contribution in [0.5, 0.6) is 0 Å². The molecule has 0 atom stereocenters. The Morgan fingerprint density at radius 2 is 1.75 bits per heavy atom. The second-order valence-electron chi connectivity index (χ2n) is 4.15. The first-order chi connectivity index (χ1) is 9.34. The van der Waals surface area contributed by atoms with Crippen molar-refractivity contribution >= 4 is 60.8 Å². The van der Waals surface area contributed by atoms with Gasteiger partial charge in [0.25, 0.3) is 0 Å². The van der Waals surface area contributed by atoms with Gasteiger partial charge in [-0.2, -0.15) is 4.31 Å². The summed E-state index contributed by atoms with van der Waals surface area (Å²) in [7, 11) is -3.75. The SMILES string of the molecule is CCCCN(CCCl)S(=O)(=O)c1c(Cl)cc(Br)cc1Cl. The molecule has 0 aliphatic heterocycles. The van der Waals surface area contributed by atoms with E-state index in [-0.39, 0.29) is 27.4 Å². The van der Waals surface area contributed by atoms with Crippen LogP contribution in [0.15, 0.2) is 21.5 Å². The Bertz CT molecular complexity index is 543. The van der Waals surface area contributed by atoms with Crippen LogP contribution in [0.2, 0.25) is 10.0 Å². The van der Waals surface area contributed by atoms with Crippen molar-refractivity contribution in [3.8, 4) is 0 Å². The quantitative estimate of drug-likeness (QED) is 0.592. The van der Waals surface area contributed by atoms with Gasteiger partial charge in [-0.15, -0.1) is 11.6 Å². The summed E-state index contributed by atoms with van der Waals surface area (Å²) in [6.07, 6.45) is 1.64. The van der Waals surface area contributed by atoms with Crippen LogP contribution in [0, 0.1) is 0 Å². The van der Waals surface area contributed by atoms with Gasteiger partial charge in [0.1, 0.15) is 4.90 Å². The molecule has 0 aliphatic carbocycles. The molecule has 0 N–H and O–H groups in total. The maximum Gasteiger partial charge on any atom is 0.246 e. The Hall–Kier alpha value is 0.480. The topological polar surface area (TPSA) is 37.4 Å². The van der Waals surface area contributed by atoms with Crippen LogP contribution in [-0.4, -0.2) is 31.7 Å². The van der Waals surface area contributed by atoms with Crippen molar-refractivity contribution in [3.63, 3.8) is 0 Å². The molecule has 0 heterocycles. The van der Waals surface area contributed by atoms with Gasteiger partial charge in [-0.05, 0) is 18.6 Å². The van der Waals surface area contributed by atoms with Gasteiger partial charge >= 0.3 is 0 Å². The summed E-state index contributed by atoms with van der Waals surface area (Å²) in [6, 6.07) is 3.03. The summed E-state index contributed by atoms with van der Waals surface area (Å²) >= 11 is 21.0. The van der Waals surface area contributed by atoms with E-state index in [9.17, 15) is 8.42 Å². The van der Waals surface area contributed by atoms with E-state index < -0.39 is 10.0 Å². The molecule has 0 fully saturated rings. The Morgan fingerprint density at radius 1 is 1.20 bits per heavy atom. The number of benzene rings is 1. The molecule has 1 aromatic carbocycles. The first-order valence-electron chi connectivity index (χ1n) is 6.05. The van der Waals surface area contributed by atoms with Gasteiger partial charge in [0.2, 0.25) is 10.0 Å². The summed E-state index contributed by atoms with van der Waals surface area (Å²) < 4.78 is 27.3. The first kappa shape index (κ1) is 18.5. The highest BCUT2D eigenvalue weighted by Gasteiger charge is 2.28. The van der Waals surface area contributed by atoms with E-state index in [1.807, 2.05) is 6.92 Å². The standard InChI is InChI=1S/C12H15BrCl3NO2S/c1-2-3-5-17(6-4-14)20(18,19)12-10(15)7-9(13)8-11(12)16/h7-8H,2-6H2,1H3. The maximum absolute atomic E-state index is 12.7. The van der Waals surface area contributed by atoms with Crippen LogP contribution in [-0.2, 0) is 10.0 Å². The Morgan fingerprint density at radius 3 is 2.20 bits per heavy atom. The fraction of sp³-hybridized carbons (Fsp3) is 0.500. The van der Waals surface area contributed by atoms with Crippen LogP contribution in [0.1, 0.15) is 19.8 Å². The molecule has 20 heavy (non-hydrogen) atoms. The molecule has 114 valence electrons. The zero-order valence-electron chi connectivity index (χ0n) is 10.9. The fourth-order valence-electron chi connectivity index (χ4n) is 1.69. The van der Waals surface area contributed by atoms with E-state index in [1.165, 1.54) is 16.4 Å². The lowest BCUT2D eigenvalue weighted by atomic mass is 10.3. The molecule has 0 saturated heterocycles. The van der Waals surface area contributed by atoms with Gasteiger partial charge in [0.05, 0.1) is 10.0 Å². The van der Waals surface area contributed by atoms with Crippen molar-refractivity contribution in [2.45, 2.75) is 24.7 Å². The summed E-state index contributed by atoms with van der Waals surface area (Å²) in [4.78, 5) is -0.0646. The van der Waals surface area contributed by atoms with E-state index in [0.717, 1.165) is 12.8 Å². The fourth-order valence-corrected chi connectivity index (χ4v) is 5.35. The number of nitrogens with zero attached hydrogens (tertiary/aromatic N) is 1. The van der Waals surface area contributed by atoms with Crippen molar-refractivity contribution in [1.82, 2.24) is 4.31 Å². The molecule has 0 amide bonds. The lowest BCUT2D eigenvalue weighted by molar-refractivity contribution is 0.420.